The zero-order valence-corrected chi connectivity index (χ0v) is 23.5. The maximum Gasteiger partial charge on any atom is 0.411 e. The maximum atomic E-state index is 13.3. The van der Waals surface area contributed by atoms with Crippen molar-refractivity contribution in [1.82, 2.24) is 20.4 Å². The van der Waals surface area contributed by atoms with Crippen molar-refractivity contribution in [3.05, 3.63) is 0 Å². The van der Waals surface area contributed by atoms with Crippen molar-refractivity contribution in [2.45, 2.75) is 89.4 Å². The van der Waals surface area contributed by atoms with Gasteiger partial charge in [0.25, 0.3) is 0 Å². The fourth-order valence-corrected chi connectivity index (χ4v) is 7.19. The monoisotopic (exact) mass is 528 g/mol. The molecule has 2 aliphatic heterocycles. The first-order valence-electron chi connectivity index (χ1n) is 13.1. The molecule has 2 N–H and O–H groups in total. The van der Waals surface area contributed by atoms with Crippen molar-refractivity contribution in [2.24, 2.45) is 5.92 Å². The molecule has 8 nitrogen and oxygen atoms in total. The Balaban J connectivity index is 1.59. The van der Waals surface area contributed by atoms with Crippen molar-refractivity contribution in [2.75, 3.05) is 43.3 Å². The SMILES string of the molecule is CN1CCC(NC(=O)[C@H](CSCC2CCCCC2)NC(=O)[C@@H]2CSCN2C(=O)OC(C)(C)C)CC1. The number of likely N-dealkylation sites (tertiary alicyclic amines) is 1. The summed E-state index contributed by atoms with van der Waals surface area (Å²) in [4.78, 5) is 42.9. The first-order valence-corrected chi connectivity index (χ1v) is 15.4. The Morgan fingerprint density at radius 1 is 1.09 bits per heavy atom. The normalized spacial score (nSPS) is 23.7. The lowest BCUT2D eigenvalue weighted by molar-refractivity contribution is -0.131. The number of piperidine rings is 1. The summed E-state index contributed by atoms with van der Waals surface area (Å²) in [5.41, 5.74) is -0.627. The molecule has 3 amide bonds. The fourth-order valence-electron chi connectivity index (χ4n) is 4.77. The van der Waals surface area contributed by atoms with Gasteiger partial charge in [-0.05, 0) is 78.3 Å². The van der Waals surface area contributed by atoms with Gasteiger partial charge in [0.05, 0.1) is 5.88 Å². The number of rotatable bonds is 8. The van der Waals surface area contributed by atoms with Crippen LogP contribution in [0.3, 0.4) is 0 Å². The van der Waals surface area contributed by atoms with Crippen LogP contribution in [0.25, 0.3) is 0 Å². The molecule has 0 spiro atoms. The second-order valence-corrected chi connectivity index (χ2v) is 13.2. The van der Waals surface area contributed by atoms with Gasteiger partial charge in [-0.2, -0.15) is 11.8 Å². The predicted octanol–water partition coefficient (Wildman–Crippen LogP) is 3.31. The third-order valence-electron chi connectivity index (χ3n) is 6.87. The van der Waals surface area contributed by atoms with Gasteiger partial charge in [-0.15, -0.1) is 11.8 Å². The van der Waals surface area contributed by atoms with E-state index in [9.17, 15) is 14.4 Å². The zero-order valence-electron chi connectivity index (χ0n) is 21.8. The molecule has 200 valence electrons. The van der Waals surface area contributed by atoms with E-state index in [0.29, 0.717) is 23.3 Å². The molecule has 0 aromatic rings. The Kier molecular flexibility index (Phi) is 10.9. The van der Waals surface area contributed by atoms with Gasteiger partial charge in [-0.25, -0.2) is 4.79 Å². The second-order valence-electron chi connectivity index (χ2n) is 11.2. The molecule has 0 aromatic carbocycles. The fraction of sp³-hybridized carbons (Fsp3) is 0.880. The van der Waals surface area contributed by atoms with Crippen LogP contribution >= 0.6 is 23.5 Å². The molecule has 35 heavy (non-hydrogen) atoms. The summed E-state index contributed by atoms with van der Waals surface area (Å²) in [5.74, 6) is 2.81. The van der Waals surface area contributed by atoms with Gasteiger partial charge in [-0.1, -0.05) is 19.3 Å². The van der Waals surface area contributed by atoms with Crippen molar-refractivity contribution < 1.29 is 19.1 Å². The number of thioether (sulfide) groups is 2. The van der Waals surface area contributed by atoms with Crippen LogP contribution in [0.1, 0.15) is 65.7 Å². The minimum atomic E-state index is -0.628. The van der Waals surface area contributed by atoms with Gasteiger partial charge < -0.3 is 20.3 Å². The minimum Gasteiger partial charge on any atom is -0.444 e. The average molecular weight is 529 g/mol. The summed E-state index contributed by atoms with van der Waals surface area (Å²) in [6, 6.07) is -1.10. The van der Waals surface area contributed by atoms with Crippen LogP contribution in [0.15, 0.2) is 0 Å². The third kappa shape index (κ3) is 9.35. The number of carbonyl (C=O) groups excluding carboxylic acids is 3. The molecule has 10 heteroatoms. The van der Waals surface area contributed by atoms with E-state index >= 15 is 0 Å². The molecule has 2 saturated heterocycles. The Hall–Kier alpha value is -1.13. The summed E-state index contributed by atoms with van der Waals surface area (Å²) in [6.45, 7) is 7.37. The molecule has 3 fully saturated rings. The van der Waals surface area contributed by atoms with E-state index in [1.807, 2.05) is 20.8 Å². The van der Waals surface area contributed by atoms with Crippen LogP contribution in [0.4, 0.5) is 4.79 Å². The summed E-state index contributed by atoms with van der Waals surface area (Å²) >= 11 is 3.29. The lowest BCUT2D eigenvalue weighted by Gasteiger charge is -2.31. The van der Waals surface area contributed by atoms with Crippen molar-refractivity contribution >= 4 is 41.4 Å². The quantitative estimate of drug-likeness (QED) is 0.500. The molecule has 2 heterocycles. The smallest absolute Gasteiger partial charge is 0.411 e. The predicted molar refractivity (Wildman–Crippen MR) is 144 cm³/mol. The molecule has 1 aliphatic carbocycles. The number of hydrogen-bond donors (Lipinski definition) is 2. The molecule has 2 atom stereocenters. The number of ether oxygens (including phenoxy) is 1. The number of nitrogens with one attached hydrogen (secondary N) is 2. The molecule has 3 aliphatic rings. The van der Waals surface area contributed by atoms with Gasteiger partial charge in [-0.3, -0.25) is 14.5 Å². The van der Waals surface area contributed by atoms with E-state index < -0.39 is 23.8 Å². The zero-order chi connectivity index (χ0) is 25.4. The van der Waals surface area contributed by atoms with Crippen molar-refractivity contribution in [1.29, 1.82) is 0 Å². The Labute approximate surface area is 219 Å². The summed E-state index contributed by atoms with van der Waals surface area (Å²) in [7, 11) is 2.10. The molecule has 0 aromatic heterocycles. The Morgan fingerprint density at radius 2 is 1.77 bits per heavy atom. The number of amides is 3. The Bertz CT molecular complexity index is 719. The van der Waals surface area contributed by atoms with Crippen LogP contribution in [0.5, 0.6) is 0 Å². The third-order valence-corrected chi connectivity index (χ3v) is 9.16. The second kappa shape index (κ2) is 13.4. The first kappa shape index (κ1) is 28.4. The van der Waals surface area contributed by atoms with Crippen molar-refractivity contribution in [3.63, 3.8) is 0 Å². The molecule has 0 unspecified atom stereocenters. The van der Waals surface area contributed by atoms with Crippen molar-refractivity contribution in [3.8, 4) is 0 Å². The number of carbonyl (C=O) groups is 3. The lowest BCUT2D eigenvalue weighted by Crippen LogP contribution is -2.57. The van der Waals surface area contributed by atoms with E-state index in [-0.39, 0.29) is 17.9 Å². The van der Waals surface area contributed by atoms with Gasteiger partial charge in [0.1, 0.15) is 17.7 Å². The molecule has 0 bridgehead atoms. The summed E-state index contributed by atoms with van der Waals surface area (Å²) in [6.07, 6.45) is 7.79. The molecule has 0 radical (unpaired) electrons. The maximum absolute atomic E-state index is 13.3. The number of nitrogens with zero attached hydrogens (tertiary/aromatic N) is 2. The highest BCUT2D eigenvalue weighted by atomic mass is 32.2. The van der Waals surface area contributed by atoms with Gasteiger partial charge in [0, 0.05) is 17.5 Å². The van der Waals surface area contributed by atoms with Gasteiger partial charge in [0.15, 0.2) is 0 Å². The molecular formula is C25H44N4O4S2. The number of hydrogen-bond acceptors (Lipinski definition) is 7. The van der Waals surface area contributed by atoms with E-state index in [4.69, 9.17) is 4.74 Å². The van der Waals surface area contributed by atoms with Crippen LogP contribution in [-0.4, -0.2) is 94.7 Å². The summed E-state index contributed by atoms with van der Waals surface area (Å²) < 4.78 is 5.50. The minimum absolute atomic E-state index is 0.112. The average Bonchev–Trinajstić information content (AvgIpc) is 3.30. The lowest BCUT2D eigenvalue weighted by atomic mass is 9.91. The highest BCUT2D eigenvalue weighted by Crippen LogP contribution is 2.27. The molecule has 3 rings (SSSR count). The topological polar surface area (TPSA) is 91.0 Å². The van der Waals surface area contributed by atoms with Crippen LogP contribution in [0, 0.1) is 5.92 Å². The van der Waals surface area contributed by atoms with Crippen LogP contribution < -0.4 is 10.6 Å². The molecule has 1 saturated carbocycles. The van der Waals surface area contributed by atoms with Gasteiger partial charge in [0.2, 0.25) is 11.8 Å². The van der Waals surface area contributed by atoms with E-state index in [1.165, 1.54) is 48.8 Å². The molecular weight excluding hydrogens is 484 g/mol. The Morgan fingerprint density at radius 3 is 2.43 bits per heavy atom. The largest absolute Gasteiger partial charge is 0.444 e. The van der Waals surface area contributed by atoms with E-state index in [1.54, 1.807) is 11.8 Å². The first-order chi connectivity index (χ1) is 16.6. The highest BCUT2D eigenvalue weighted by molar-refractivity contribution is 7.99. The standard InChI is InChI=1S/C25H44N4O4S2/c1-25(2,3)33-24(32)29-17-35-16-21(29)23(31)27-20(15-34-14-18-8-6-5-7-9-18)22(30)26-19-10-12-28(4)13-11-19/h18-21H,5-17H2,1-4H3,(H,26,30)(H,27,31)/t20-,21-/m0/s1. The van der Waals surface area contributed by atoms with E-state index in [0.717, 1.165) is 31.7 Å². The van der Waals surface area contributed by atoms with E-state index in [2.05, 4.69) is 22.6 Å². The van der Waals surface area contributed by atoms with Gasteiger partial charge >= 0.3 is 6.09 Å². The summed E-state index contributed by atoms with van der Waals surface area (Å²) in [5, 5.41) is 6.18. The highest BCUT2D eigenvalue weighted by Gasteiger charge is 2.38. The van der Waals surface area contributed by atoms with Crippen LogP contribution in [0.2, 0.25) is 0 Å². The van der Waals surface area contributed by atoms with Crippen LogP contribution in [-0.2, 0) is 14.3 Å².